The number of aromatic nitrogens is 2. The van der Waals surface area contributed by atoms with E-state index in [9.17, 15) is 0 Å². The zero-order valence-corrected chi connectivity index (χ0v) is 12.5. The Kier molecular flexibility index (Phi) is 6.74. The van der Waals surface area contributed by atoms with Crippen molar-refractivity contribution in [1.29, 1.82) is 0 Å². The Bertz CT molecular complexity index is 483. The van der Waals surface area contributed by atoms with E-state index in [1.807, 2.05) is 12.1 Å². The first-order chi connectivity index (χ1) is 10.4. The lowest BCUT2D eigenvalue weighted by Gasteiger charge is -2.07. The highest BCUT2D eigenvalue weighted by Crippen LogP contribution is 2.12. The molecule has 2 aromatic rings. The van der Waals surface area contributed by atoms with Gasteiger partial charge in [-0.3, -0.25) is 0 Å². The molecule has 1 heterocycles. The Balaban J connectivity index is 1.62. The quantitative estimate of drug-likeness (QED) is 0.681. The number of nitrogens with one attached hydrogen (secondary N) is 1. The van der Waals surface area contributed by atoms with E-state index in [0.29, 0.717) is 0 Å². The van der Waals surface area contributed by atoms with Crippen LogP contribution in [0.5, 0.6) is 5.75 Å². The second-order valence-corrected chi connectivity index (χ2v) is 4.97. The van der Waals surface area contributed by atoms with Crippen LogP contribution in [0.4, 0.5) is 0 Å². The summed E-state index contributed by atoms with van der Waals surface area (Å²) in [5.74, 6) is 1.68. The largest absolute Gasteiger partial charge is 0.494 e. The molecule has 0 bridgehead atoms. The molecule has 114 valence electrons. The van der Waals surface area contributed by atoms with Gasteiger partial charge in [0.15, 0.2) is 5.82 Å². The maximum atomic E-state index is 5.69. The fourth-order valence-corrected chi connectivity index (χ4v) is 1.98. The summed E-state index contributed by atoms with van der Waals surface area (Å²) in [7, 11) is 0. The summed E-state index contributed by atoms with van der Waals surface area (Å²) < 4.78 is 10.4. The standard InChI is InChI=1S/C16H23N3O2/c1-2-3-4-11-20-15-7-5-14(6-8-15)12-17-10-9-16-18-13-21-19-16/h5-8,13,17H,2-4,9-12H2,1H3. The summed E-state index contributed by atoms with van der Waals surface area (Å²) in [6.07, 6.45) is 5.69. The first kappa shape index (κ1) is 15.5. The molecule has 0 aliphatic rings. The lowest BCUT2D eigenvalue weighted by molar-refractivity contribution is 0.306. The molecule has 21 heavy (non-hydrogen) atoms. The molecule has 0 unspecified atom stereocenters. The number of unbranched alkanes of at least 4 members (excludes halogenated alkanes) is 2. The predicted molar refractivity (Wildman–Crippen MR) is 81.2 cm³/mol. The highest BCUT2D eigenvalue weighted by Gasteiger charge is 1.99. The highest BCUT2D eigenvalue weighted by molar-refractivity contribution is 5.27. The average Bonchev–Trinajstić information content (AvgIpc) is 3.03. The molecular formula is C16H23N3O2. The lowest BCUT2D eigenvalue weighted by atomic mass is 10.2. The monoisotopic (exact) mass is 289 g/mol. The maximum absolute atomic E-state index is 5.69. The lowest BCUT2D eigenvalue weighted by Crippen LogP contribution is -2.17. The van der Waals surface area contributed by atoms with Gasteiger partial charge in [-0.25, -0.2) is 0 Å². The van der Waals surface area contributed by atoms with Crippen molar-refractivity contribution < 1.29 is 9.26 Å². The average molecular weight is 289 g/mol. The van der Waals surface area contributed by atoms with E-state index in [2.05, 4.69) is 39.0 Å². The van der Waals surface area contributed by atoms with Crippen LogP contribution in [0.1, 0.15) is 37.6 Å². The fourth-order valence-electron chi connectivity index (χ4n) is 1.98. The minimum atomic E-state index is 0.735. The minimum Gasteiger partial charge on any atom is -0.494 e. The first-order valence-corrected chi connectivity index (χ1v) is 7.56. The molecule has 5 nitrogen and oxygen atoms in total. The summed E-state index contributed by atoms with van der Waals surface area (Å²) in [5.41, 5.74) is 1.24. The fraction of sp³-hybridized carbons (Fsp3) is 0.500. The predicted octanol–water partition coefficient (Wildman–Crippen LogP) is 2.97. The Hall–Kier alpha value is -1.88. The number of hydrogen-bond donors (Lipinski definition) is 1. The van der Waals surface area contributed by atoms with Crippen LogP contribution in [0.2, 0.25) is 0 Å². The molecule has 0 aliphatic heterocycles. The second kappa shape index (κ2) is 9.13. The van der Waals surface area contributed by atoms with Crippen molar-refractivity contribution in [3.05, 3.63) is 42.0 Å². The zero-order chi connectivity index (χ0) is 14.8. The Morgan fingerprint density at radius 2 is 2.05 bits per heavy atom. The smallest absolute Gasteiger partial charge is 0.213 e. The SMILES string of the molecule is CCCCCOc1ccc(CNCCc2ncon2)cc1. The van der Waals surface area contributed by atoms with Crippen LogP contribution >= 0.6 is 0 Å². The van der Waals surface area contributed by atoms with Gasteiger partial charge in [-0.2, -0.15) is 4.98 Å². The van der Waals surface area contributed by atoms with E-state index in [0.717, 1.165) is 44.1 Å². The van der Waals surface area contributed by atoms with Crippen molar-refractivity contribution >= 4 is 0 Å². The van der Waals surface area contributed by atoms with Crippen molar-refractivity contribution in [3.63, 3.8) is 0 Å². The number of hydrogen-bond acceptors (Lipinski definition) is 5. The van der Waals surface area contributed by atoms with Crippen LogP contribution < -0.4 is 10.1 Å². The van der Waals surface area contributed by atoms with Crippen LogP contribution in [-0.2, 0) is 13.0 Å². The van der Waals surface area contributed by atoms with Crippen LogP contribution in [-0.4, -0.2) is 23.3 Å². The van der Waals surface area contributed by atoms with E-state index >= 15 is 0 Å². The van der Waals surface area contributed by atoms with Crippen molar-refractivity contribution in [2.24, 2.45) is 0 Å². The third-order valence-corrected chi connectivity index (χ3v) is 3.20. The van der Waals surface area contributed by atoms with Gasteiger partial charge >= 0.3 is 0 Å². The molecule has 2 rings (SSSR count). The van der Waals surface area contributed by atoms with Gasteiger partial charge in [0, 0.05) is 19.5 Å². The van der Waals surface area contributed by atoms with Crippen molar-refractivity contribution in [2.45, 2.75) is 39.2 Å². The molecule has 1 aromatic heterocycles. The molecule has 0 saturated heterocycles. The van der Waals surface area contributed by atoms with Crippen LogP contribution in [0.25, 0.3) is 0 Å². The molecule has 0 radical (unpaired) electrons. The molecule has 0 fully saturated rings. The van der Waals surface area contributed by atoms with Gasteiger partial charge < -0.3 is 14.6 Å². The molecule has 5 heteroatoms. The number of ether oxygens (including phenoxy) is 1. The van der Waals surface area contributed by atoms with Gasteiger partial charge in [0.05, 0.1) is 6.61 Å². The molecule has 1 aromatic carbocycles. The summed E-state index contributed by atoms with van der Waals surface area (Å²) in [6, 6.07) is 8.25. The van der Waals surface area contributed by atoms with Gasteiger partial charge in [-0.15, -0.1) is 0 Å². The summed E-state index contributed by atoms with van der Waals surface area (Å²) in [4.78, 5) is 3.98. The molecule has 0 aliphatic carbocycles. The van der Waals surface area contributed by atoms with Gasteiger partial charge in [0.2, 0.25) is 6.39 Å². The zero-order valence-electron chi connectivity index (χ0n) is 12.5. The topological polar surface area (TPSA) is 60.2 Å². The van der Waals surface area contributed by atoms with E-state index in [-0.39, 0.29) is 0 Å². The van der Waals surface area contributed by atoms with E-state index < -0.39 is 0 Å². The maximum Gasteiger partial charge on any atom is 0.213 e. The van der Waals surface area contributed by atoms with Crippen molar-refractivity contribution in [3.8, 4) is 5.75 Å². The van der Waals surface area contributed by atoms with Crippen molar-refractivity contribution in [2.75, 3.05) is 13.2 Å². The number of benzene rings is 1. The third-order valence-electron chi connectivity index (χ3n) is 3.20. The molecular weight excluding hydrogens is 266 g/mol. The van der Waals surface area contributed by atoms with Crippen LogP contribution in [0, 0.1) is 0 Å². The summed E-state index contributed by atoms with van der Waals surface area (Å²) in [5, 5.41) is 7.13. The first-order valence-electron chi connectivity index (χ1n) is 7.56. The van der Waals surface area contributed by atoms with E-state index in [1.54, 1.807) is 0 Å². The van der Waals surface area contributed by atoms with Crippen molar-refractivity contribution in [1.82, 2.24) is 15.5 Å². The molecule has 0 atom stereocenters. The highest BCUT2D eigenvalue weighted by atomic mass is 16.5. The van der Waals surface area contributed by atoms with E-state index in [1.165, 1.54) is 24.8 Å². The number of rotatable bonds is 10. The molecule has 0 amide bonds. The Morgan fingerprint density at radius 3 is 2.76 bits per heavy atom. The van der Waals surface area contributed by atoms with Gasteiger partial charge in [-0.1, -0.05) is 37.1 Å². The minimum absolute atomic E-state index is 0.735. The normalized spacial score (nSPS) is 10.7. The van der Waals surface area contributed by atoms with Crippen LogP contribution in [0.15, 0.2) is 35.2 Å². The number of nitrogens with zero attached hydrogens (tertiary/aromatic N) is 2. The Morgan fingerprint density at radius 1 is 1.19 bits per heavy atom. The summed E-state index contributed by atoms with van der Waals surface area (Å²) in [6.45, 7) is 4.65. The second-order valence-electron chi connectivity index (χ2n) is 4.97. The molecule has 1 N–H and O–H groups in total. The van der Waals surface area contributed by atoms with Gasteiger partial charge in [0.1, 0.15) is 5.75 Å². The van der Waals surface area contributed by atoms with Gasteiger partial charge in [-0.05, 0) is 24.1 Å². The summed E-state index contributed by atoms with van der Waals surface area (Å²) >= 11 is 0. The van der Waals surface area contributed by atoms with E-state index in [4.69, 9.17) is 4.74 Å². The molecule has 0 saturated carbocycles. The van der Waals surface area contributed by atoms with Gasteiger partial charge in [0.25, 0.3) is 0 Å². The third kappa shape index (κ3) is 5.95. The molecule has 0 spiro atoms. The Labute approximate surface area is 125 Å². The van der Waals surface area contributed by atoms with Crippen LogP contribution in [0.3, 0.4) is 0 Å².